The largest absolute Gasteiger partial charge is 0.454 e. The number of ether oxygens (including phenoxy) is 1. The molecule has 40 heavy (non-hydrogen) atoms. The van der Waals surface area contributed by atoms with Gasteiger partial charge in [0.1, 0.15) is 17.1 Å². The zero-order chi connectivity index (χ0) is 29.0. The molecular formula is C28H30FN7O4. The number of nitrogens with two attached hydrogens (primary N) is 1. The maximum Gasteiger partial charge on any atom is 0.322 e. The van der Waals surface area contributed by atoms with Gasteiger partial charge in [0.2, 0.25) is 0 Å². The molecule has 4 aromatic rings. The van der Waals surface area contributed by atoms with E-state index in [2.05, 4.69) is 15.6 Å². The van der Waals surface area contributed by atoms with Gasteiger partial charge in [0.25, 0.3) is 11.5 Å². The van der Waals surface area contributed by atoms with Crippen LogP contribution in [0.2, 0.25) is 0 Å². The summed E-state index contributed by atoms with van der Waals surface area (Å²) in [7, 11) is 3.29. The molecule has 12 heteroatoms. The lowest BCUT2D eigenvalue weighted by Crippen LogP contribution is -2.39. The van der Waals surface area contributed by atoms with E-state index in [9.17, 15) is 18.8 Å². The molecule has 0 radical (unpaired) electrons. The molecule has 0 saturated heterocycles. The number of pyridine rings is 1. The van der Waals surface area contributed by atoms with Crippen LogP contribution >= 0.6 is 0 Å². The van der Waals surface area contributed by atoms with Crippen molar-refractivity contribution in [2.75, 3.05) is 24.2 Å². The van der Waals surface area contributed by atoms with Crippen LogP contribution in [0.1, 0.15) is 23.0 Å². The van der Waals surface area contributed by atoms with Gasteiger partial charge in [0.05, 0.1) is 11.4 Å². The zero-order valence-electron chi connectivity index (χ0n) is 22.5. The van der Waals surface area contributed by atoms with E-state index in [0.717, 1.165) is 6.07 Å². The van der Waals surface area contributed by atoms with Crippen LogP contribution in [0.3, 0.4) is 0 Å². The monoisotopic (exact) mass is 547 g/mol. The molecule has 4 rings (SSSR count). The van der Waals surface area contributed by atoms with Crippen LogP contribution in [0, 0.1) is 12.7 Å². The van der Waals surface area contributed by atoms with Crippen LogP contribution < -0.4 is 26.7 Å². The summed E-state index contributed by atoms with van der Waals surface area (Å²) in [4.78, 5) is 43.9. The van der Waals surface area contributed by atoms with Crippen molar-refractivity contribution in [2.45, 2.75) is 19.9 Å². The van der Waals surface area contributed by atoms with E-state index >= 15 is 0 Å². The highest BCUT2D eigenvalue weighted by atomic mass is 19.1. The second-order valence-corrected chi connectivity index (χ2v) is 9.30. The third kappa shape index (κ3) is 6.18. The van der Waals surface area contributed by atoms with Crippen LogP contribution in [0.15, 0.2) is 71.7 Å². The smallest absolute Gasteiger partial charge is 0.322 e. The van der Waals surface area contributed by atoms with Crippen molar-refractivity contribution in [3.8, 4) is 17.2 Å². The molecule has 0 aliphatic heterocycles. The van der Waals surface area contributed by atoms with E-state index in [4.69, 9.17) is 10.5 Å². The van der Waals surface area contributed by atoms with Crippen molar-refractivity contribution < 1.29 is 18.7 Å². The number of hydrogen-bond acceptors (Lipinski definition) is 6. The summed E-state index contributed by atoms with van der Waals surface area (Å²) in [6.07, 6.45) is 1.41. The second-order valence-electron chi connectivity index (χ2n) is 9.30. The average molecular weight is 548 g/mol. The lowest BCUT2D eigenvalue weighted by molar-refractivity contribution is 0.102. The minimum Gasteiger partial charge on any atom is -0.454 e. The second kappa shape index (κ2) is 11.8. The van der Waals surface area contributed by atoms with Crippen LogP contribution in [-0.4, -0.2) is 50.8 Å². The lowest BCUT2D eigenvalue weighted by Gasteiger charge is -2.19. The Balaban J connectivity index is 1.47. The Hall–Kier alpha value is -4.97. The molecule has 0 bridgehead atoms. The number of amides is 3. The van der Waals surface area contributed by atoms with Crippen LogP contribution in [-0.2, 0) is 7.05 Å². The zero-order valence-corrected chi connectivity index (χ0v) is 22.5. The van der Waals surface area contributed by atoms with Crippen LogP contribution in [0.5, 0.6) is 11.5 Å². The quantitative estimate of drug-likeness (QED) is 0.306. The number of carbonyl (C=O) groups excluding carboxylic acids is 2. The molecule has 1 atom stereocenters. The first-order valence-electron chi connectivity index (χ1n) is 12.4. The maximum atomic E-state index is 14.9. The minimum absolute atomic E-state index is 0.0509. The Morgan fingerprint density at radius 3 is 2.52 bits per heavy atom. The number of halogens is 1. The minimum atomic E-state index is -0.747. The van der Waals surface area contributed by atoms with E-state index in [1.807, 2.05) is 6.07 Å². The number of hydrogen-bond donors (Lipinski definition) is 3. The van der Waals surface area contributed by atoms with Gasteiger partial charge < -0.3 is 20.7 Å². The molecule has 11 nitrogen and oxygen atoms in total. The molecule has 2 heterocycles. The van der Waals surface area contributed by atoms with Gasteiger partial charge in [-0.05, 0) is 44.2 Å². The van der Waals surface area contributed by atoms with E-state index in [1.54, 1.807) is 56.9 Å². The Morgan fingerprint density at radius 1 is 1.12 bits per heavy atom. The first-order valence-corrected chi connectivity index (χ1v) is 12.4. The van der Waals surface area contributed by atoms with E-state index in [-0.39, 0.29) is 34.6 Å². The fraction of sp³-hybridized carbons (Fsp3) is 0.214. The third-order valence-electron chi connectivity index (χ3n) is 6.07. The van der Waals surface area contributed by atoms with Crippen molar-refractivity contribution in [1.82, 2.24) is 19.2 Å². The molecule has 0 aliphatic carbocycles. The van der Waals surface area contributed by atoms with Gasteiger partial charge in [0.15, 0.2) is 11.6 Å². The number of rotatable bonds is 8. The highest BCUT2D eigenvalue weighted by Gasteiger charge is 2.22. The van der Waals surface area contributed by atoms with Crippen molar-refractivity contribution in [3.05, 3.63) is 94.3 Å². The topological polar surface area (TPSA) is 137 Å². The third-order valence-corrected chi connectivity index (χ3v) is 6.07. The maximum absolute atomic E-state index is 14.9. The molecule has 2 aromatic heterocycles. The summed E-state index contributed by atoms with van der Waals surface area (Å²) < 4.78 is 23.5. The van der Waals surface area contributed by atoms with E-state index in [0.29, 0.717) is 17.9 Å². The van der Waals surface area contributed by atoms with Crippen LogP contribution in [0.25, 0.3) is 5.69 Å². The van der Waals surface area contributed by atoms with Gasteiger partial charge in [-0.3, -0.25) is 19.6 Å². The molecule has 0 aliphatic rings. The fourth-order valence-corrected chi connectivity index (χ4v) is 4.07. The molecule has 0 spiro atoms. The summed E-state index contributed by atoms with van der Waals surface area (Å²) in [5.74, 6) is -1.08. The Morgan fingerprint density at radius 2 is 1.85 bits per heavy atom. The van der Waals surface area contributed by atoms with Gasteiger partial charge in [-0.2, -0.15) is 0 Å². The average Bonchev–Trinajstić information content (AvgIpc) is 3.13. The number of likely N-dealkylation sites (N-methyl/N-ethyl adjacent to an activating group) is 1. The van der Waals surface area contributed by atoms with Gasteiger partial charge in [-0.25, -0.2) is 18.9 Å². The number of anilines is 2. The first kappa shape index (κ1) is 28.0. The Bertz CT molecular complexity index is 1600. The Labute approximate surface area is 230 Å². The highest BCUT2D eigenvalue weighted by Crippen LogP contribution is 2.28. The number of urea groups is 1. The molecule has 1 unspecified atom stereocenters. The van der Waals surface area contributed by atoms with E-state index < -0.39 is 23.3 Å². The number of para-hydroxylation sites is 1. The van der Waals surface area contributed by atoms with Gasteiger partial charge in [-0.1, -0.05) is 18.2 Å². The fourth-order valence-electron chi connectivity index (χ4n) is 4.07. The normalized spacial score (nSPS) is 11.6. The predicted molar refractivity (Wildman–Crippen MR) is 150 cm³/mol. The summed E-state index contributed by atoms with van der Waals surface area (Å²) in [5, 5.41) is 5.22. The molecule has 208 valence electrons. The predicted octanol–water partition coefficient (Wildman–Crippen LogP) is 3.87. The number of benzene rings is 2. The molecule has 3 amide bonds. The molecule has 4 N–H and O–H groups in total. The SMILES string of the molecule is Cc1c(C(=O)Nc2ccc(Oc3ccnc(NC(=O)N(C)CC(C)N)c3)c(F)c2)c(=O)n(-c2ccccc2)n1C. The molecule has 0 fully saturated rings. The molecule has 0 saturated carbocycles. The molecule has 2 aromatic carbocycles. The Kier molecular flexibility index (Phi) is 8.29. The number of nitrogens with one attached hydrogen (secondary N) is 2. The van der Waals surface area contributed by atoms with Gasteiger partial charge in [0, 0.05) is 50.7 Å². The first-order chi connectivity index (χ1) is 19.0. The van der Waals surface area contributed by atoms with Crippen molar-refractivity contribution in [3.63, 3.8) is 0 Å². The van der Waals surface area contributed by atoms with Gasteiger partial charge >= 0.3 is 6.03 Å². The summed E-state index contributed by atoms with van der Waals surface area (Å²) in [5.41, 5.74) is 6.39. The lowest BCUT2D eigenvalue weighted by atomic mass is 10.2. The van der Waals surface area contributed by atoms with Crippen molar-refractivity contribution in [2.24, 2.45) is 12.8 Å². The summed E-state index contributed by atoms with van der Waals surface area (Å²) >= 11 is 0. The van der Waals surface area contributed by atoms with Gasteiger partial charge in [-0.15, -0.1) is 0 Å². The number of aromatic nitrogens is 3. The highest BCUT2D eigenvalue weighted by molar-refractivity contribution is 6.05. The molecular weight excluding hydrogens is 517 g/mol. The van der Waals surface area contributed by atoms with Crippen molar-refractivity contribution in [1.29, 1.82) is 0 Å². The number of nitrogens with zero attached hydrogens (tertiary/aromatic N) is 4. The summed E-state index contributed by atoms with van der Waals surface area (Å²) in [6, 6.07) is 15.2. The number of carbonyl (C=O) groups is 2. The van der Waals surface area contributed by atoms with Crippen molar-refractivity contribution >= 4 is 23.4 Å². The summed E-state index contributed by atoms with van der Waals surface area (Å²) in [6.45, 7) is 3.80. The van der Waals surface area contributed by atoms with E-state index in [1.165, 1.54) is 40.0 Å². The standard InChI is InChI=1S/C28H30FN7O4/c1-17(30)16-34(3)28(39)33-24-15-21(12-13-31-24)40-23-11-10-19(14-22(23)29)32-26(37)25-18(2)35(4)36(27(25)38)20-8-6-5-7-9-20/h5-15,17H,16,30H2,1-4H3,(H,32,37)(H,31,33,39). The van der Waals surface area contributed by atoms with Crippen LogP contribution in [0.4, 0.5) is 20.7 Å².